The molecule has 1 aromatic carbocycles. The van der Waals surface area contributed by atoms with Crippen LogP contribution in [0.4, 0.5) is 0 Å². The van der Waals surface area contributed by atoms with Crippen LogP contribution in [0, 0.1) is 0 Å². The van der Waals surface area contributed by atoms with Crippen molar-refractivity contribution >= 4 is 11.7 Å². The van der Waals surface area contributed by atoms with Gasteiger partial charge in [-0.05, 0) is 38.3 Å². The van der Waals surface area contributed by atoms with Gasteiger partial charge in [-0.3, -0.25) is 9.59 Å². The van der Waals surface area contributed by atoms with Crippen LogP contribution in [-0.4, -0.2) is 33.6 Å². The SMILES string of the molecule is CC[C@@H](NC(=O)c1cc(C(=O)CCC(C)(C)O)n2c1COCC2)c1ccccc1. The second-order valence-electron chi connectivity index (χ2n) is 8.17. The number of carbonyl (C=O) groups is 2. The number of hydrogen-bond donors (Lipinski definition) is 2. The summed E-state index contributed by atoms with van der Waals surface area (Å²) in [5, 5.41) is 13.0. The van der Waals surface area contributed by atoms with Gasteiger partial charge in [-0.25, -0.2) is 0 Å². The van der Waals surface area contributed by atoms with Crippen LogP contribution in [0.1, 0.15) is 78.2 Å². The lowest BCUT2D eigenvalue weighted by molar-refractivity contribution is 0.0620. The molecule has 1 atom stereocenters. The molecule has 0 saturated heterocycles. The van der Waals surface area contributed by atoms with Crippen molar-refractivity contribution in [2.45, 2.75) is 64.8 Å². The number of nitrogens with zero attached hydrogens (tertiary/aromatic N) is 1. The van der Waals surface area contributed by atoms with Crippen molar-refractivity contribution in [3.63, 3.8) is 0 Å². The Hall–Kier alpha value is -2.44. The van der Waals surface area contributed by atoms with Crippen LogP contribution in [0.3, 0.4) is 0 Å². The van der Waals surface area contributed by atoms with Crippen LogP contribution in [0.5, 0.6) is 0 Å². The standard InChI is InChI=1S/C23H30N2O4/c1-4-18(16-8-6-5-7-9-16)24-22(27)17-14-19(21(26)10-11-23(2,3)28)25-12-13-29-15-20(17)25/h5-9,14,18,28H,4,10-13,15H2,1-3H3,(H,24,27)/t18-/m1/s1. The van der Waals surface area contributed by atoms with Gasteiger partial charge in [-0.15, -0.1) is 0 Å². The summed E-state index contributed by atoms with van der Waals surface area (Å²) in [5.74, 6) is -0.263. The smallest absolute Gasteiger partial charge is 0.253 e. The van der Waals surface area contributed by atoms with E-state index in [1.807, 2.05) is 41.8 Å². The lowest BCUT2D eigenvalue weighted by Gasteiger charge is -2.21. The zero-order valence-electron chi connectivity index (χ0n) is 17.4. The number of hydrogen-bond acceptors (Lipinski definition) is 4. The molecule has 1 amide bonds. The van der Waals surface area contributed by atoms with Gasteiger partial charge in [0.25, 0.3) is 5.91 Å². The van der Waals surface area contributed by atoms with Crippen LogP contribution >= 0.6 is 0 Å². The van der Waals surface area contributed by atoms with Crippen molar-refractivity contribution in [2.75, 3.05) is 6.61 Å². The van der Waals surface area contributed by atoms with Crippen LogP contribution in [-0.2, 0) is 17.9 Å². The fourth-order valence-electron chi connectivity index (χ4n) is 3.64. The van der Waals surface area contributed by atoms with E-state index in [4.69, 9.17) is 4.74 Å². The highest BCUT2D eigenvalue weighted by molar-refractivity contribution is 6.01. The lowest BCUT2D eigenvalue weighted by atomic mass is 10.00. The molecule has 0 unspecified atom stereocenters. The third kappa shape index (κ3) is 5.14. The third-order valence-electron chi connectivity index (χ3n) is 5.32. The second kappa shape index (κ2) is 8.93. The van der Waals surface area contributed by atoms with Gasteiger partial charge in [0.05, 0.1) is 41.8 Å². The fourth-order valence-corrected chi connectivity index (χ4v) is 3.64. The second-order valence-corrected chi connectivity index (χ2v) is 8.17. The zero-order valence-corrected chi connectivity index (χ0v) is 17.4. The van der Waals surface area contributed by atoms with Gasteiger partial charge in [0.1, 0.15) is 0 Å². The minimum Gasteiger partial charge on any atom is -0.390 e. The Bertz CT molecular complexity index is 865. The van der Waals surface area contributed by atoms with Crippen molar-refractivity contribution < 1.29 is 19.4 Å². The Balaban J connectivity index is 1.84. The zero-order chi connectivity index (χ0) is 21.0. The van der Waals surface area contributed by atoms with Crippen LogP contribution in [0.15, 0.2) is 36.4 Å². The van der Waals surface area contributed by atoms with Crippen LogP contribution in [0.2, 0.25) is 0 Å². The molecular weight excluding hydrogens is 368 g/mol. The van der Waals surface area contributed by atoms with E-state index in [0.717, 1.165) is 17.7 Å². The van der Waals surface area contributed by atoms with Gasteiger partial charge in [-0.2, -0.15) is 0 Å². The van der Waals surface area contributed by atoms with Crippen molar-refractivity contribution in [3.05, 3.63) is 58.9 Å². The van der Waals surface area contributed by atoms with Gasteiger partial charge < -0.3 is 19.7 Å². The summed E-state index contributed by atoms with van der Waals surface area (Å²) in [4.78, 5) is 25.9. The quantitative estimate of drug-likeness (QED) is 0.666. The third-order valence-corrected chi connectivity index (χ3v) is 5.32. The molecule has 0 spiro atoms. The molecule has 0 aliphatic carbocycles. The summed E-state index contributed by atoms with van der Waals surface area (Å²) in [5.41, 5.74) is 1.90. The highest BCUT2D eigenvalue weighted by atomic mass is 16.5. The first-order valence-electron chi connectivity index (χ1n) is 10.2. The van der Waals surface area contributed by atoms with E-state index in [1.165, 1.54) is 0 Å². The Kier molecular flexibility index (Phi) is 6.55. The predicted molar refractivity (Wildman–Crippen MR) is 111 cm³/mol. The van der Waals surface area contributed by atoms with Crippen LogP contribution in [0.25, 0.3) is 0 Å². The van der Waals surface area contributed by atoms with E-state index in [0.29, 0.717) is 37.4 Å². The first-order valence-corrected chi connectivity index (χ1v) is 10.2. The monoisotopic (exact) mass is 398 g/mol. The largest absolute Gasteiger partial charge is 0.390 e. The maximum absolute atomic E-state index is 13.1. The lowest BCUT2D eigenvalue weighted by Crippen LogP contribution is -2.29. The molecule has 6 heteroatoms. The molecule has 0 radical (unpaired) electrons. The van der Waals surface area contributed by atoms with Gasteiger partial charge in [0.15, 0.2) is 5.78 Å². The molecule has 2 heterocycles. The molecule has 1 aromatic heterocycles. The molecule has 3 rings (SSSR count). The first-order chi connectivity index (χ1) is 13.8. The number of aromatic nitrogens is 1. The molecule has 0 saturated carbocycles. The minimum atomic E-state index is -0.902. The summed E-state index contributed by atoms with van der Waals surface area (Å²) < 4.78 is 7.46. The number of fused-ring (bicyclic) bond motifs is 1. The van der Waals surface area contributed by atoms with Gasteiger partial charge in [0.2, 0.25) is 0 Å². The first kappa shape index (κ1) is 21.3. The molecule has 0 bridgehead atoms. The van der Waals surface area contributed by atoms with E-state index in [1.54, 1.807) is 19.9 Å². The van der Waals surface area contributed by atoms with E-state index in [2.05, 4.69) is 5.32 Å². The van der Waals surface area contributed by atoms with Crippen molar-refractivity contribution in [3.8, 4) is 0 Å². The van der Waals surface area contributed by atoms with Gasteiger partial charge in [0, 0.05) is 13.0 Å². The fraction of sp³-hybridized carbons (Fsp3) is 0.478. The molecule has 2 N–H and O–H groups in total. The summed E-state index contributed by atoms with van der Waals surface area (Å²) in [7, 11) is 0. The number of benzene rings is 1. The normalized spacial score (nSPS) is 14.9. The van der Waals surface area contributed by atoms with Crippen LogP contribution < -0.4 is 5.32 Å². The maximum Gasteiger partial charge on any atom is 0.253 e. The molecule has 0 fully saturated rings. The summed E-state index contributed by atoms with van der Waals surface area (Å²) in [6.45, 7) is 6.77. The van der Waals surface area contributed by atoms with Crippen molar-refractivity contribution in [1.82, 2.24) is 9.88 Å². The molecule has 1 aliphatic heterocycles. The predicted octanol–water partition coefficient (Wildman–Crippen LogP) is 3.63. The highest BCUT2D eigenvalue weighted by Crippen LogP contribution is 2.25. The van der Waals surface area contributed by atoms with E-state index >= 15 is 0 Å². The summed E-state index contributed by atoms with van der Waals surface area (Å²) in [6, 6.07) is 11.4. The summed E-state index contributed by atoms with van der Waals surface area (Å²) in [6.07, 6.45) is 1.37. The van der Waals surface area contributed by atoms with Crippen molar-refractivity contribution in [1.29, 1.82) is 0 Å². The van der Waals surface area contributed by atoms with Crippen molar-refractivity contribution in [2.24, 2.45) is 0 Å². The summed E-state index contributed by atoms with van der Waals surface area (Å²) >= 11 is 0. The molecule has 6 nitrogen and oxygen atoms in total. The Labute approximate surface area is 171 Å². The molecule has 1 aliphatic rings. The number of carbonyl (C=O) groups excluding carboxylic acids is 2. The molecule has 29 heavy (non-hydrogen) atoms. The number of ether oxygens (including phenoxy) is 1. The molecule has 156 valence electrons. The van der Waals surface area contributed by atoms with E-state index < -0.39 is 5.60 Å². The number of Topliss-reactive ketones (excluding diaryl/α,β-unsaturated/α-hetero) is 1. The topological polar surface area (TPSA) is 80.6 Å². The average Bonchev–Trinajstić information content (AvgIpc) is 3.10. The Morgan fingerprint density at radius 1 is 1.28 bits per heavy atom. The minimum absolute atomic E-state index is 0.0653. The van der Waals surface area contributed by atoms with E-state index in [-0.39, 0.29) is 24.2 Å². The van der Waals surface area contributed by atoms with Gasteiger partial charge >= 0.3 is 0 Å². The van der Waals surface area contributed by atoms with Gasteiger partial charge in [-0.1, -0.05) is 37.3 Å². The average molecular weight is 399 g/mol. The van der Waals surface area contributed by atoms with E-state index in [9.17, 15) is 14.7 Å². The number of ketones is 1. The maximum atomic E-state index is 13.1. The number of amides is 1. The molecule has 2 aromatic rings. The number of aliphatic hydroxyl groups is 1. The Morgan fingerprint density at radius 3 is 2.66 bits per heavy atom. The highest BCUT2D eigenvalue weighted by Gasteiger charge is 2.27. The number of rotatable bonds is 8. The Morgan fingerprint density at radius 2 is 2.00 bits per heavy atom. The number of nitrogens with one attached hydrogen (secondary N) is 1. The molecular formula is C23H30N2O4.